The lowest BCUT2D eigenvalue weighted by molar-refractivity contribution is -0.126. The summed E-state index contributed by atoms with van der Waals surface area (Å²) in [5, 5.41) is 9.92. The van der Waals surface area contributed by atoms with E-state index in [9.17, 15) is 9.18 Å². The van der Waals surface area contributed by atoms with Gasteiger partial charge in [0.1, 0.15) is 11.9 Å². The van der Waals surface area contributed by atoms with Crippen LogP contribution in [0.3, 0.4) is 0 Å². The van der Waals surface area contributed by atoms with Crippen LogP contribution >= 0.6 is 0 Å². The van der Waals surface area contributed by atoms with Gasteiger partial charge < -0.3 is 15.2 Å². The van der Waals surface area contributed by atoms with Crippen molar-refractivity contribution in [2.45, 2.75) is 25.8 Å². The summed E-state index contributed by atoms with van der Waals surface area (Å²) >= 11 is 0. The summed E-state index contributed by atoms with van der Waals surface area (Å²) < 4.78 is 19.2. The molecule has 6 nitrogen and oxygen atoms in total. The van der Waals surface area contributed by atoms with Gasteiger partial charge in [-0.15, -0.1) is 0 Å². The maximum atomic E-state index is 14.2. The van der Waals surface area contributed by atoms with Crippen molar-refractivity contribution in [1.29, 1.82) is 0 Å². The van der Waals surface area contributed by atoms with Gasteiger partial charge in [-0.1, -0.05) is 23.4 Å². The molecule has 0 radical (unpaired) electrons. The van der Waals surface area contributed by atoms with Gasteiger partial charge in [0.25, 0.3) is 0 Å². The zero-order valence-corrected chi connectivity index (χ0v) is 12.9. The minimum Gasteiger partial charge on any atom is -0.341 e. The molecular weight excluding hydrogens is 299 g/mol. The van der Waals surface area contributed by atoms with E-state index in [0.29, 0.717) is 18.0 Å². The van der Waals surface area contributed by atoms with Gasteiger partial charge >= 0.3 is 0 Å². The highest BCUT2D eigenvalue weighted by Gasteiger charge is 2.28. The van der Waals surface area contributed by atoms with Crippen LogP contribution in [0.1, 0.15) is 36.2 Å². The third-order valence-corrected chi connectivity index (χ3v) is 3.97. The molecule has 1 fully saturated rings. The molecule has 1 aliphatic heterocycles. The van der Waals surface area contributed by atoms with E-state index in [0.717, 1.165) is 19.4 Å². The number of benzene rings is 1. The molecule has 7 heteroatoms. The Bertz CT molecular complexity index is 682. The largest absolute Gasteiger partial charge is 0.341 e. The lowest BCUT2D eigenvalue weighted by atomic mass is 9.97. The Labute approximate surface area is 133 Å². The van der Waals surface area contributed by atoms with Gasteiger partial charge in [-0.3, -0.25) is 4.79 Å². The zero-order chi connectivity index (χ0) is 16.2. The van der Waals surface area contributed by atoms with E-state index in [1.54, 1.807) is 25.1 Å². The smallest absolute Gasteiger partial charge is 0.225 e. The number of nitrogens with one attached hydrogen (secondary N) is 2. The van der Waals surface area contributed by atoms with Crippen molar-refractivity contribution in [3.63, 3.8) is 0 Å². The highest BCUT2D eigenvalue weighted by atomic mass is 19.1. The topological polar surface area (TPSA) is 80.0 Å². The average molecular weight is 318 g/mol. The molecule has 0 spiro atoms. The molecule has 1 amide bonds. The number of rotatable bonds is 4. The molecule has 2 aromatic rings. The van der Waals surface area contributed by atoms with Crippen LogP contribution in [0.25, 0.3) is 0 Å². The van der Waals surface area contributed by atoms with Crippen LogP contribution < -0.4 is 10.6 Å². The van der Waals surface area contributed by atoms with E-state index in [4.69, 9.17) is 4.52 Å². The van der Waals surface area contributed by atoms with Gasteiger partial charge in [-0.2, -0.15) is 4.98 Å². The molecule has 0 saturated carbocycles. The van der Waals surface area contributed by atoms with Crippen LogP contribution in [-0.4, -0.2) is 29.1 Å². The molecule has 0 bridgehead atoms. The van der Waals surface area contributed by atoms with Crippen LogP contribution in [0.4, 0.5) is 4.39 Å². The fraction of sp³-hybridized carbons (Fsp3) is 0.438. The molecule has 1 saturated heterocycles. The summed E-state index contributed by atoms with van der Waals surface area (Å²) in [6.07, 6.45) is 1.76. The molecule has 1 aliphatic rings. The van der Waals surface area contributed by atoms with Crippen molar-refractivity contribution in [2.75, 3.05) is 13.1 Å². The van der Waals surface area contributed by atoms with Crippen LogP contribution in [0.15, 0.2) is 28.8 Å². The summed E-state index contributed by atoms with van der Waals surface area (Å²) in [5.74, 6) is -0.0550. The maximum Gasteiger partial charge on any atom is 0.225 e. The summed E-state index contributed by atoms with van der Waals surface area (Å²) in [4.78, 5) is 16.7. The van der Waals surface area contributed by atoms with E-state index < -0.39 is 11.9 Å². The SMILES string of the molecule is Cc1nc([C@@H](NC(=O)[C@H]2CCCNC2)c2ccccc2F)no1. The van der Waals surface area contributed by atoms with Crippen molar-refractivity contribution >= 4 is 5.91 Å². The molecule has 3 rings (SSSR count). The fourth-order valence-electron chi connectivity index (χ4n) is 2.76. The number of piperidine rings is 1. The highest BCUT2D eigenvalue weighted by molar-refractivity contribution is 5.79. The second-order valence-corrected chi connectivity index (χ2v) is 5.68. The van der Waals surface area contributed by atoms with E-state index in [-0.39, 0.29) is 17.6 Å². The lowest BCUT2D eigenvalue weighted by Gasteiger charge is -2.24. The molecule has 0 aliphatic carbocycles. The minimum absolute atomic E-state index is 0.132. The van der Waals surface area contributed by atoms with Gasteiger partial charge in [-0.25, -0.2) is 4.39 Å². The normalized spacial score (nSPS) is 19.3. The van der Waals surface area contributed by atoms with Gasteiger partial charge in [0, 0.05) is 19.0 Å². The first-order chi connectivity index (χ1) is 11.1. The number of carbonyl (C=O) groups is 1. The first-order valence-electron chi connectivity index (χ1n) is 7.71. The predicted molar refractivity (Wildman–Crippen MR) is 81.0 cm³/mol. The summed E-state index contributed by atoms with van der Waals surface area (Å²) in [6.45, 7) is 3.20. The molecular formula is C16H19FN4O2. The number of halogens is 1. The Hall–Kier alpha value is -2.28. The molecule has 23 heavy (non-hydrogen) atoms. The molecule has 2 heterocycles. The van der Waals surface area contributed by atoms with Crippen LogP contribution in [0.2, 0.25) is 0 Å². The second kappa shape index (κ2) is 6.87. The Morgan fingerprint density at radius 1 is 1.48 bits per heavy atom. The number of aryl methyl sites for hydroxylation is 1. The quantitative estimate of drug-likeness (QED) is 0.897. The predicted octanol–water partition coefficient (Wildman–Crippen LogP) is 1.72. The molecule has 1 aromatic carbocycles. The van der Waals surface area contributed by atoms with Crippen molar-refractivity contribution in [3.05, 3.63) is 47.4 Å². The van der Waals surface area contributed by atoms with Crippen LogP contribution in [-0.2, 0) is 4.79 Å². The summed E-state index contributed by atoms with van der Waals surface area (Å²) in [5.41, 5.74) is 0.324. The Kier molecular flexibility index (Phi) is 4.66. The second-order valence-electron chi connectivity index (χ2n) is 5.68. The van der Waals surface area contributed by atoms with Gasteiger partial charge in [0.05, 0.1) is 5.92 Å². The van der Waals surface area contributed by atoms with E-state index >= 15 is 0 Å². The number of hydrogen-bond donors (Lipinski definition) is 2. The first-order valence-corrected chi connectivity index (χ1v) is 7.71. The van der Waals surface area contributed by atoms with Crippen LogP contribution in [0.5, 0.6) is 0 Å². The van der Waals surface area contributed by atoms with Crippen molar-refractivity contribution in [2.24, 2.45) is 5.92 Å². The Morgan fingerprint density at radius 2 is 2.30 bits per heavy atom. The van der Waals surface area contributed by atoms with E-state index in [1.807, 2.05) is 0 Å². The number of amides is 1. The molecule has 2 N–H and O–H groups in total. The van der Waals surface area contributed by atoms with Crippen molar-refractivity contribution in [1.82, 2.24) is 20.8 Å². The van der Waals surface area contributed by atoms with Gasteiger partial charge in [0.2, 0.25) is 11.8 Å². The fourth-order valence-corrected chi connectivity index (χ4v) is 2.76. The lowest BCUT2D eigenvalue weighted by Crippen LogP contribution is -2.42. The Morgan fingerprint density at radius 3 is 2.96 bits per heavy atom. The number of carbonyl (C=O) groups excluding carboxylic acids is 1. The number of hydrogen-bond acceptors (Lipinski definition) is 5. The average Bonchev–Trinajstić information content (AvgIpc) is 3.00. The standard InChI is InChI=1S/C16H19FN4O2/c1-10-19-15(21-23-10)14(12-6-2-3-7-13(12)17)20-16(22)11-5-4-8-18-9-11/h2-3,6-7,11,14,18H,4-5,8-9H2,1H3,(H,20,22)/t11-,14-/m0/s1. The third kappa shape index (κ3) is 3.56. The highest BCUT2D eigenvalue weighted by Crippen LogP contribution is 2.23. The molecule has 0 unspecified atom stereocenters. The third-order valence-electron chi connectivity index (χ3n) is 3.97. The van der Waals surface area contributed by atoms with Gasteiger partial charge in [0.15, 0.2) is 5.82 Å². The number of aromatic nitrogens is 2. The van der Waals surface area contributed by atoms with Crippen molar-refractivity contribution in [3.8, 4) is 0 Å². The molecule has 2 atom stereocenters. The van der Waals surface area contributed by atoms with E-state index in [2.05, 4.69) is 20.8 Å². The van der Waals surface area contributed by atoms with Crippen LogP contribution in [0, 0.1) is 18.7 Å². The van der Waals surface area contributed by atoms with Crippen molar-refractivity contribution < 1.29 is 13.7 Å². The first kappa shape index (κ1) is 15.6. The van der Waals surface area contributed by atoms with E-state index in [1.165, 1.54) is 6.07 Å². The van der Waals surface area contributed by atoms with Gasteiger partial charge in [-0.05, 0) is 25.5 Å². The molecule has 1 aromatic heterocycles. The summed E-state index contributed by atoms with van der Waals surface area (Å²) in [7, 11) is 0. The monoisotopic (exact) mass is 318 g/mol. The minimum atomic E-state index is -0.761. The number of nitrogens with zero attached hydrogens (tertiary/aromatic N) is 2. The maximum absolute atomic E-state index is 14.2. The Balaban J connectivity index is 1.86. The summed E-state index contributed by atoms with van der Waals surface area (Å²) in [6, 6.07) is 5.52. The molecule has 122 valence electrons. The zero-order valence-electron chi connectivity index (χ0n) is 12.9.